The number of aliphatic carboxylic acids is 2. The zero-order valence-corrected chi connectivity index (χ0v) is 24.4. The van der Waals surface area contributed by atoms with Crippen LogP contribution in [0.2, 0.25) is 0 Å². The van der Waals surface area contributed by atoms with Gasteiger partial charge < -0.3 is 19.8 Å². The van der Waals surface area contributed by atoms with E-state index in [9.17, 15) is 32.8 Å². The third-order valence-corrected chi connectivity index (χ3v) is 7.08. The van der Waals surface area contributed by atoms with E-state index in [1.807, 2.05) is 13.8 Å². The molecule has 0 saturated carbocycles. The molecule has 0 aromatic heterocycles. The minimum Gasteiger partial charge on any atom is -0.550 e. The van der Waals surface area contributed by atoms with E-state index in [-0.39, 0.29) is 71.5 Å². The van der Waals surface area contributed by atoms with Crippen molar-refractivity contribution in [2.75, 3.05) is 0 Å². The van der Waals surface area contributed by atoms with Crippen molar-refractivity contribution in [1.82, 2.24) is 0 Å². The quantitative estimate of drug-likeness (QED) is 0.139. The van der Waals surface area contributed by atoms with Crippen LogP contribution >= 0.6 is 0 Å². The molecule has 4 atom stereocenters. The molecule has 0 aromatic rings. The molecule has 0 aliphatic heterocycles. The van der Waals surface area contributed by atoms with Crippen LogP contribution < -0.4 is 69.3 Å². The van der Waals surface area contributed by atoms with Crippen molar-refractivity contribution < 1.29 is 91.9 Å². The van der Waals surface area contributed by atoms with Crippen LogP contribution in [0.4, 0.5) is 0 Å². The molecule has 4 unspecified atom stereocenters. The molecule has 10 heteroatoms. The van der Waals surface area contributed by atoms with Crippen molar-refractivity contribution in [1.29, 1.82) is 0 Å². The summed E-state index contributed by atoms with van der Waals surface area (Å²) in [5.41, 5.74) is 0. The van der Waals surface area contributed by atoms with E-state index in [0.29, 0.717) is 12.8 Å². The van der Waals surface area contributed by atoms with Crippen LogP contribution in [0.1, 0.15) is 91.9 Å². The number of unbranched alkanes of at least 4 members (excludes halogenated alkanes) is 4. The van der Waals surface area contributed by atoms with Crippen molar-refractivity contribution in [3.05, 3.63) is 0 Å². The number of carbonyl (C=O) groups is 2. The average Bonchev–Trinajstić information content (AvgIpc) is 2.56. The maximum absolute atomic E-state index is 12.2. The maximum atomic E-state index is 12.2. The Hall–Kier alpha value is 0.850. The van der Waals surface area contributed by atoms with Gasteiger partial charge in [0.05, 0.1) is 5.97 Å². The van der Waals surface area contributed by atoms with Gasteiger partial charge in [0, 0.05) is 11.9 Å². The number of carbonyl (C=O) groups excluding carboxylic acids is 2. The first kappa shape index (κ1) is 35.4. The molecule has 0 fully saturated rings. The molecule has 0 saturated heterocycles. The third-order valence-electron chi connectivity index (χ3n) is 5.54. The van der Waals surface area contributed by atoms with E-state index in [1.165, 1.54) is 0 Å². The summed E-state index contributed by atoms with van der Waals surface area (Å²) in [5.74, 6) is -6.39. The fourth-order valence-electron chi connectivity index (χ4n) is 3.86. The largest absolute Gasteiger partial charge is 1.00 e. The van der Waals surface area contributed by atoms with Crippen LogP contribution in [0.25, 0.3) is 0 Å². The SMILES string of the molecule is CCCCCC(C)CC(C(=O)[O-])C(CC(C)CCCCC)(C(=O)[O-])S(=O)(=O)O.[Na+].[Na+]. The van der Waals surface area contributed by atoms with E-state index in [1.54, 1.807) is 13.8 Å². The Morgan fingerprint density at radius 3 is 1.67 bits per heavy atom. The maximum Gasteiger partial charge on any atom is 1.00 e. The smallest absolute Gasteiger partial charge is 0.550 e. The topological polar surface area (TPSA) is 135 Å². The molecule has 166 valence electrons. The third kappa shape index (κ3) is 11.1. The Labute approximate surface area is 226 Å². The average molecular weight is 467 g/mol. The second-order valence-corrected chi connectivity index (χ2v) is 9.84. The molecule has 0 radical (unpaired) electrons. The van der Waals surface area contributed by atoms with Crippen LogP contribution in [0.15, 0.2) is 0 Å². The zero-order chi connectivity index (χ0) is 22.0. The van der Waals surface area contributed by atoms with Gasteiger partial charge in [-0.25, -0.2) is 0 Å². The normalized spacial score (nSPS) is 16.3. The van der Waals surface area contributed by atoms with Crippen LogP contribution in [-0.4, -0.2) is 29.7 Å². The first-order valence-corrected chi connectivity index (χ1v) is 11.8. The Morgan fingerprint density at radius 1 is 0.900 bits per heavy atom. The number of hydrogen-bond acceptors (Lipinski definition) is 6. The second-order valence-electron chi connectivity index (χ2n) is 8.17. The minimum atomic E-state index is -5.25. The summed E-state index contributed by atoms with van der Waals surface area (Å²) >= 11 is 0. The van der Waals surface area contributed by atoms with Gasteiger partial charge in [-0.2, -0.15) is 8.42 Å². The van der Waals surface area contributed by atoms with Crippen molar-refractivity contribution in [3.63, 3.8) is 0 Å². The zero-order valence-electron chi connectivity index (χ0n) is 19.6. The molecule has 30 heavy (non-hydrogen) atoms. The summed E-state index contributed by atoms with van der Waals surface area (Å²) in [6, 6.07) is 0. The van der Waals surface area contributed by atoms with Gasteiger partial charge in [-0.1, -0.05) is 79.1 Å². The number of carboxylic acids is 2. The standard InChI is InChI=1S/C20H38O7S.2Na/c1-5-7-9-11-15(3)13-17(18(21)22)20(19(23)24,28(25,26)27)14-16(4)12-10-8-6-2;;/h15-17H,5-14H2,1-4H3,(H,21,22)(H,23,24)(H,25,26,27);;/q;2*+1/p-2. The molecule has 0 bridgehead atoms. The van der Waals surface area contributed by atoms with Gasteiger partial charge in [-0.3, -0.25) is 4.55 Å². The van der Waals surface area contributed by atoms with E-state index < -0.39 is 45.1 Å². The van der Waals surface area contributed by atoms with Gasteiger partial charge in [-0.05, 0) is 24.7 Å². The van der Waals surface area contributed by atoms with E-state index in [4.69, 9.17) is 0 Å². The Bertz CT molecular complexity index is 598. The van der Waals surface area contributed by atoms with Gasteiger partial charge in [0.1, 0.15) is 4.75 Å². The van der Waals surface area contributed by atoms with Crippen LogP contribution in [0, 0.1) is 17.8 Å². The van der Waals surface area contributed by atoms with Gasteiger partial charge in [0.15, 0.2) is 0 Å². The Balaban J connectivity index is -0.00000364. The molecular formula is C20H36Na2O7S. The number of rotatable bonds is 16. The molecular weight excluding hydrogens is 430 g/mol. The fourth-order valence-corrected chi connectivity index (χ4v) is 5.12. The van der Waals surface area contributed by atoms with Gasteiger partial charge >= 0.3 is 59.1 Å². The predicted octanol–water partition coefficient (Wildman–Crippen LogP) is -4.05. The van der Waals surface area contributed by atoms with Crippen LogP contribution in [0.5, 0.6) is 0 Å². The summed E-state index contributed by atoms with van der Waals surface area (Å²) in [4.78, 5) is 23.8. The van der Waals surface area contributed by atoms with Crippen molar-refractivity contribution >= 4 is 22.1 Å². The molecule has 7 nitrogen and oxygen atoms in total. The van der Waals surface area contributed by atoms with E-state index in [2.05, 4.69) is 0 Å². The monoisotopic (exact) mass is 466 g/mol. The minimum absolute atomic E-state index is 0. The van der Waals surface area contributed by atoms with Gasteiger partial charge in [0.2, 0.25) is 0 Å². The Morgan fingerprint density at radius 2 is 1.33 bits per heavy atom. The van der Waals surface area contributed by atoms with Gasteiger partial charge in [-0.15, -0.1) is 0 Å². The van der Waals surface area contributed by atoms with Crippen LogP contribution in [0.3, 0.4) is 0 Å². The second kappa shape index (κ2) is 17.3. The van der Waals surface area contributed by atoms with E-state index in [0.717, 1.165) is 38.5 Å². The molecule has 0 amide bonds. The Kier molecular flexibility index (Phi) is 20.5. The first-order valence-electron chi connectivity index (χ1n) is 10.3. The molecule has 0 aliphatic rings. The summed E-state index contributed by atoms with van der Waals surface area (Å²) in [7, 11) is -5.25. The summed E-state index contributed by atoms with van der Waals surface area (Å²) < 4.78 is 31.3. The van der Waals surface area contributed by atoms with Crippen LogP contribution in [-0.2, 0) is 19.7 Å². The molecule has 0 aliphatic carbocycles. The molecule has 1 N–H and O–H groups in total. The van der Waals surface area contributed by atoms with Crippen molar-refractivity contribution in [2.24, 2.45) is 17.8 Å². The molecule has 0 aromatic carbocycles. The van der Waals surface area contributed by atoms with Gasteiger partial charge in [0.25, 0.3) is 10.1 Å². The molecule has 0 spiro atoms. The number of hydrogen-bond donors (Lipinski definition) is 1. The molecule has 0 heterocycles. The molecule has 0 rings (SSSR count). The summed E-state index contributed by atoms with van der Waals surface area (Å²) in [6.45, 7) is 7.43. The van der Waals surface area contributed by atoms with Crippen molar-refractivity contribution in [3.8, 4) is 0 Å². The summed E-state index contributed by atoms with van der Waals surface area (Å²) in [5, 5.41) is 23.8. The predicted molar refractivity (Wildman–Crippen MR) is 104 cm³/mol. The van der Waals surface area contributed by atoms with Crippen molar-refractivity contribution in [2.45, 2.75) is 96.7 Å². The number of carboxylic acid groups (broad SMARTS) is 2. The first-order chi connectivity index (χ1) is 12.9. The van der Waals surface area contributed by atoms with E-state index >= 15 is 0 Å². The summed E-state index contributed by atoms with van der Waals surface area (Å²) in [6.07, 6.45) is 5.78. The fraction of sp³-hybridized carbons (Fsp3) is 0.900.